The summed E-state index contributed by atoms with van der Waals surface area (Å²) in [5.74, 6) is 0. The maximum Gasteiger partial charge on any atom is 0.179 e. The Kier molecular flexibility index (Phi) is 4.99. The minimum Gasteiger partial charge on any atom is -0.387 e. The second kappa shape index (κ2) is 6.51. The first-order valence-corrected chi connectivity index (χ1v) is 8.28. The summed E-state index contributed by atoms with van der Waals surface area (Å²) in [4.78, 5) is 5.26. The van der Waals surface area contributed by atoms with Crippen LogP contribution in [0.1, 0.15) is 25.1 Å². The lowest BCUT2D eigenvalue weighted by Gasteiger charge is -2.06. The number of aliphatic hydroxyl groups is 1. The number of hydrogen-bond donors (Lipinski definition) is 1. The maximum atomic E-state index is 9.65. The summed E-state index contributed by atoms with van der Waals surface area (Å²) in [6, 6.07) is 3.80. The van der Waals surface area contributed by atoms with E-state index in [4.69, 9.17) is 0 Å². The van der Waals surface area contributed by atoms with Crippen molar-refractivity contribution < 1.29 is 5.11 Å². The van der Waals surface area contributed by atoms with Gasteiger partial charge in [-0.2, -0.15) is 0 Å². The molecule has 18 heavy (non-hydrogen) atoms. The van der Waals surface area contributed by atoms with Gasteiger partial charge in [-0.3, -0.25) is 4.98 Å². The average molecular weight is 299 g/mol. The predicted molar refractivity (Wildman–Crippen MR) is 75.3 cm³/mol. The second-order valence-electron chi connectivity index (χ2n) is 3.48. The standard InChI is InChI=1S/C11H13N3OS3/c1-3-9(15)8-5-4-7(6-12-8)17-11-14-13-10(16-2)18-11/h4-6,9,15H,3H2,1-2H3/t9-/m1/s1. The lowest BCUT2D eigenvalue weighted by Crippen LogP contribution is -1.97. The van der Waals surface area contributed by atoms with Crippen LogP contribution in [0.3, 0.4) is 0 Å². The fraction of sp³-hybridized carbons (Fsp3) is 0.364. The number of aliphatic hydroxyl groups excluding tert-OH is 1. The molecule has 2 heterocycles. The predicted octanol–water partition coefficient (Wildman–Crippen LogP) is 3.25. The molecule has 0 aliphatic rings. The quantitative estimate of drug-likeness (QED) is 0.855. The van der Waals surface area contributed by atoms with Gasteiger partial charge < -0.3 is 5.11 Å². The van der Waals surface area contributed by atoms with Gasteiger partial charge in [0.25, 0.3) is 0 Å². The van der Waals surface area contributed by atoms with Crippen molar-refractivity contribution in [3.8, 4) is 0 Å². The van der Waals surface area contributed by atoms with E-state index in [9.17, 15) is 5.11 Å². The first-order chi connectivity index (χ1) is 8.72. The molecule has 1 atom stereocenters. The largest absolute Gasteiger partial charge is 0.387 e. The smallest absolute Gasteiger partial charge is 0.179 e. The van der Waals surface area contributed by atoms with E-state index in [-0.39, 0.29) is 0 Å². The van der Waals surface area contributed by atoms with Crippen molar-refractivity contribution in [2.75, 3.05) is 6.26 Å². The zero-order valence-electron chi connectivity index (χ0n) is 10.0. The van der Waals surface area contributed by atoms with E-state index in [0.29, 0.717) is 12.1 Å². The van der Waals surface area contributed by atoms with Crippen LogP contribution in [0.4, 0.5) is 0 Å². The van der Waals surface area contributed by atoms with Gasteiger partial charge in [0.05, 0.1) is 11.8 Å². The average Bonchev–Trinajstić information content (AvgIpc) is 2.86. The Hall–Kier alpha value is -0.630. The molecule has 96 valence electrons. The van der Waals surface area contributed by atoms with Crippen molar-refractivity contribution in [2.45, 2.75) is 33.0 Å². The van der Waals surface area contributed by atoms with E-state index in [1.807, 2.05) is 25.3 Å². The van der Waals surface area contributed by atoms with Crippen LogP contribution in [0, 0.1) is 0 Å². The number of nitrogens with zero attached hydrogens (tertiary/aromatic N) is 3. The van der Waals surface area contributed by atoms with Crippen molar-refractivity contribution in [1.29, 1.82) is 0 Å². The van der Waals surface area contributed by atoms with E-state index < -0.39 is 6.10 Å². The molecule has 1 N–H and O–H groups in total. The van der Waals surface area contributed by atoms with Crippen LogP contribution in [0.5, 0.6) is 0 Å². The molecule has 0 fully saturated rings. The molecule has 7 heteroatoms. The van der Waals surface area contributed by atoms with E-state index in [1.165, 1.54) is 11.8 Å². The summed E-state index contributed by atoms with van der Waals surface area (Å²) in [5.41, 5.74) is 0.712. The van der Waals surface area contributed by atoms with Crippen LogP contribution < -0.4 is 0 Å². The first-order valence-electron chi connectivity index (χ1n) is 5.42. The third kappa shape index (κ3) is 3.44. The van der Waals surface area contributed by atoms with Crippen LogP contribution in [0.2, 0.25) is 0 Å². The highest BCUT2D eigenvalue weighted by atomic mass is 32.2. The minimum absolute atomic E-state index is 0.478. The summed E-state index contributed by atoms with van der Waals surface area (Å²) < 4.78 is 1.87. The molecule has 0 amide bonds. The van der Waals surface area contributed by atoms with E-state index in [2.05, 4.69) is 15.2 Å². The molecule has 2 rings (SSSR count). The van der Waals surface area contributed by atoms with Crippen molar-refractivity contribution in [3.63, 3.8) is 0 Å². The molecule has 0 radical (unpaired) electrons. The maximum absolute atomic E-state index is 9.65. The molecule has 2 aromatic heterocycles. The second-order valence-corrected chi connectivity index (χ2v) is 6.83. The topological polar surface area (TPSA) is 58.9 Å². The molecule has 0 aliphatic heterocycles. The molecular formula is C11H13N3OS3. The molecule has 0 aliphatic carbocycles. The Bertz CT molecular complexity index is 500. The Balaban J connectivity index is 2.06. The lowest BCUT2D eigenvalue weighted by atomic mass is 10.2. The molecule has 4 nitrogen and oxygen atoms in total. The normalized spacial score (nSPS) is 12.6. The van der Waals surface area contributed by atoms with Gasteiger partial charge in [-0.1, -0.05) is 41.8 Å². The molecule has 2 aromatic rings. The highest BCUT2D eigenvalue weighted by Crippen LogP contribution is 2.32. The van der Waals surface area contributed by atoms with Crippen molar-refractivity contribution in [1.82, 2.24) is 15.2 Å². The van der Waals surface area contributed by atoms with E-state index in [1.54, 1.807) is 29.3 Å². The monoisotopic (exact) mass is 299 g/mol. The van der Waals surface area contributed by atoms with Gasteiger partial charge in [0.1, 0.15) is 0 Å². The minimum atomic E-state index is -0.478. The Morgan fingerprint density at radius 2 is 2.11 bits per heavy atom. The number of hydrogen-bond acceptors (Lipinski definition) is 7. The van der Waals surface area contributed by atoms with Crippen LogP contribution in [0.25, 0.3) is 0 Å². The third-order valence-corrected chi connectivity index (χ3v) is 5.18. The SMILES string of the molecule is CC[C@@H](O)c1ccc(Sc2nnc(SC)s2)cn1. The lowest BCUT2D eigenvalue weighted by molar-refractivity contribution is 0.169. The van der Waals surface area contributed by atoms with Gasteiger partial charge in [-0.15, -0.1) is 10.2 Å². The third-order valence-electron chi connectivity index (χ3n) is 2.26. The van der Waals surface area contributed by atoms with Gasteiger partial charge in [0.15, 0.2) is 8.68 Å². The molecule has 0 unspecified atom stereocenters. The molecular weight excluding hydrogens is 286 g/mol. The van der Waals surface area contributed by atoms with E-state index >= 15 is 0 Å². The summed E-state index contributed by atoms with van der Waals surface area (Å²) in [5, 5.41) is 17.8. The van der Waals surface area contributed by atoms with Gasteiger partial charge in [-0.05, 0) is 24.8 Å². The summed E-state index contributed by atoms with van der Waals surface area (Å²) >= 11 is 4.70. The van der Waals surface area contributed by atoms with E-state index in [0.717, 1.165) is 13.6 Å². The van der Waals surface area contributed by atoms with Crippen LogP contribution >= 0.6 is 34.9 Å². The highest BCUT2D eigenvalue weighted by Gasteiger charge is 2.08. The van der Waals surface area contributed by atoms with Crippen LogP contribution in [-0.4, -0.2) is 26.5 Å². The van der Waals surface area contributed by atoms with Crippen molar-refractivity contribution in [3.05, 3.63) is 24.0 Å². The zero-order valence-corrected chi connectivity index (χ0v) is 12.5. The van der Waals surface area contributed by atoms with Gasteiger partial charge in [0.2, 0.25) is 0 Å². The van der Waals surface area contributed by atoms with Gasteiger partial charge in [-0.25, -0.2) is 0 Å². The zero-order chi connectivity index (χ0) is 13.0. The summed E-state index contributed by atoms with van der Waals surface area (Å²) in [6.07, 6.45) is 3.94. The number of rotatable bonds is 5. The fourth-order valence-electron chi connectivity index (χ4n) is 1.28. The van der Waals surface area contributed by atoms with Crippen molar-refractivity contribution in [2.24, 2.45) is 0 Å². The molecule has 0 saturated heterocycles. The van der Waals surface area contributed by atoms with Crippen molar-refractivity contribution >= 4 is 34.9 Å². The molecule has 0 spiro atoms. The first kappa shape index (κ1) is 13.8. The number of thioether (sulfide) groups is 1. The summed E-state index contributed by atoms with van der Waals surface area (Å²) in [6.45, 7) is 1.93. The highest BCUT2D eigenvalue weighted by molar-refractivity contribution is 8.03. The van der Waals surface area contributed by atoms with Gasteiger partial charge >= 0.3 is 0 Å². The molecule has 0 bridgehead atoms. The summed E-state index contributed by atoms with van der Waals surface area (Å²) in [7, 11) is 0. The molecule has 0 saturated carbocycles. The Morgan fingerprint density at radius 3 is 2.67 bits per heavy atom. The molecule has 0 aromatic carbocycles. The number of pyridine rings is 1. The number of aromatic nitrogens is 3. The Labute approximate surface area is 118 Å². The van der Waals surface area contributed by atoms with Gasteiger partial charge in [0, 0.05) is 11.1 Å². The fourth-order valence-corrected chi connectivity index (χ4v) is 3.66. The van der Waals surface area contributed by atoms with Crippen LogP contribution in [0.15, 0.2) is 31.9 Å². The van der Waals surface area contributed by atoms with Crippen LogP contribution in [-0.2, 0) is 0 Å². The Morgan fingerprint density at radius 1 is 1.33 bits per heavy atom.